The summed E-state index contributed by atoms with van der Waals surface area (Å²) >= 11 is 1.24. The van der Waals surface area contributed by atoms with Gasteiger partial charge in [0.25, 0.3) is 0 Å². The molecule has 0 aromatic carbocycles. The van der Waals surface area contributed by atoms with E-state index in [1.54, 1.807) is 12.1 Å². The number of aromatic carboxylic acids is 1. The number of sulfone groups is 1. The maximum absolute atomic E-state index is 11.4. The Morgan fingerprint density at radius 3 is 2.78 bits per heavy atom. The molecule has 18 heavy (non-hydrogen) atoms. The molecule has 2 heterocycles. The predicted molar refractivity (Wildman–Crippen MR) is 69.8 cm³/mol. The van der Waals surface area contributed by atoms with Gasteiger partial charge in [0.1, 0.15) is 4.88 Å². The van der Waals surface area contributed by atoms with Crippen molar-refractivity contribution in [2.75, 3.05) is 18.6 Å². The van der Waals surface area contributed by atoms with Crippen LogP contribution in [0, 0.1) is 0 Å². The summed E-state index contributed by atoms with van der Waals surface area (Å²) in [5.74, 6) is -0.453. The van der Waals surface area contributed by atoms with Crippen LogP contribution < -0.4 is 0 Å². The number of carbonyl (C=O) groups is 1. The van der Waals surface area contributed by atoms with Crippen molar-refractivity contribution in [3.63, 3.8) is 0 Å². The van der Waals surface area contributed by atoms with Crippen LogP contribution >= 0.6 is 11.3 Å². The van der Waals surface area contributed by atoms with Crippen LogP contribution in [0.1, 0.15) is 21.0 Å². The van der Waals surface area contributed by atoms with Gasteiger partial charge in [-0.1, -0.05) is 0 Å². The molecule has 0 aliphatic carbocycles. The fourth-order valence-electron chi connectivity index (χ4n) is 2.08. The predicted octanol–water partition coefficient (Wildman–Crippen LogP) is 1.07. The highest BCUT2D eigenvalue weighted by Gasteiger charge is 2.30. The molecule has 7 heteroatoms. The number of hydrogen-bond donors (Lipinski definition) is 1. The molecule has 2 rings (SSSR count). The van der Waals surface area contributed by atoms with Crippen LogP contribution in [0.15, 0.2) is 12.1 Å². The molecule has 0 spiro atoms. The van der Waals surface area contributed by atoms with Gasteiger partial charge in [-0.25, -0.2) is 13.2 Å². The first-order valence-electron chi connectivity index (χ1n) is 5.60. The second kappa shape index (κ2) is 4.99. The molecule has 0 amide bonds. The van der Waals surface area contributed by atoms with Crippen LogP contribution in [0.4, 0.5) is 0 Å². The SMILES string of the molecule is CN(Cc1ccc(C(=O)O)s1)C1CCS(=O)(=O)C1. The number of hydrogen-bond acceptors (Lipinski definition) is 5. The van der Waals surface area contributed by atoms with E-state index in [1.807, 2.05) is 11.9 Å². The van der Waals surface area contributed by atoms with E-state index in [0.717, 1.165) is 4.88 Å². The van der Waals surface area contributed by atoms with Gasteiger partial charge in [0, 0.05) is 17.5 Å². The summed E-state index contributed by atoms with van der Waals surface area (Å²) in [4.78, 5) is 14.0. The highest BCUT2D eigenvalue weighted by Crippen LogP contribution is 2.22. The van der Waals surface area contributed by atoms with Crippen molar-refractivity contribution in [1.82, 2.24) is 4.90 Å². The van der Waals surface area contributed by atoms with Crippen LogP contribution in [-0.4, -0.2) is 49.0 Å². The third-order valence-corrected chi connectivity index (χ3v) is 5.92. The second-order valence-electron chi connectivity index (χ2n) is 4.54. The highest BCUT2D eigenvalue weighted by atomic mass is 32.2. The lowest BCUT2D eigenvalue weighted by Crippen LogP contribution is -2.31. The van der Waals surface area contributed by atoms with Gasteiger partial charge >= 0.3 is 5.97 Å². The van der Waals surface area contributed by atoms with E-state index in [2.05, 4.69) is 0 Å². The van der Waals surface area contributed by atoms with E-state index in [9.17, 15) is 13.2 Å². The zero-order valence-electron chi connectivity index (χ0n) is 10.00. The van der Waals surface area contributed by atoms with Crippen molar-refractivity contribution in [3.05, 3.63) is 21.9 Å². The Balaban J connectivity index is 1.99. The van der Waals surface area contributed by atoms with E-state index in [4.69, 9.17) is 5.11 Å². The second-order valence-corrected chi connectivity index (χ2v) is 7.94. The van der Waals surface area contributed by atoms with Gasteiger partial charge in [0.2, 0.25) is 0 Å². The quantitative estimate of drug-likeness (QED) is 0.897. The number of thiophene rings is 1. The molecule has 1 fully saturated rings. The largest absolute Gasteiger partial charge is 0.477 e. The molecule has 1 saturated heterocycles. The molecule has 1 aromatic heterocycles. The van der Waals surface area contributed by atoms with Crippen molar-refractivity contribution in [2.24, 2.45) is 0 Å². The summed E-state index contributed by atoms with van der Waals surface area (Å²) < 4.78 is 22.8. The monoisotopic (exact) mass is 289 g/mol. The summed E-state index contributed by atoms with van der Waals surface area (Å²) in [5, 5.41) is 8.83. The normalized spacial score (nSPS) is 22.4. The summed E-state index contributed by atoms with van der Waals surface area (Å²) in [7, 11) is -0.993. The maximum atomic E-state index is 11.4. The summed E-state index contributed by atoms with van der Waals surface area (Å²) in [6.45, 7) is 0.595. The smallest absolute Gasteiger partial charge is 0.345 e. The van der Waals surface area contributed by atoms with Gasteiger partial charge in [0.15, 0.2) is 9.84 Å². The number of carboxylic acid groups (broad SMARTS) is 1. The van der Waals surface area contributed by atoms with Gasteiger partial charge in [-0.3, -0.25) is 4.90 Å². The molecule has 1 atom stereocenters. The topological polar surface area (TPSA) is 74.7 Å². The standard InChI is InChI=1S/C11H15NO4S2/c1-12(8-4-5-18(15,16)7-8)6-9-2-3-10(17-9)11(13)14/h2-3,8H,4-7H2,1H3,(H,13,14). The molecule has 0 bridgehead atoms. The number of nitrogens with zero attached hydrogens (tertiary/aromatic N) is 1. The lowest BCUT2D eigenvalue weighted by atomic mass is 10.2. The fraction of sp³-hybridized carbons (Fsp3) is 0.545. The molecule has 1 unspecified atom stereocenters. The fourth-order valence-corrected chi connectivity index (χ4v) is 4.79. The highest BCUT2D eigenvalue weighted by molar-refractivity contribution is 7.91. The van der Waals surface area contributed by atoms with Crippen molar-refractivity contribution in [1.29, 1.82) is 0 Å². The number of rotatable bonds is 4. The van der Waals surface area contributed by atoms with Gasteiger partial charge in [0.05, 0.1) is 11.5 Å². The molecule has 1 aromatic rings. The number of carboxylic acids is 1. The molecule has 100 valence electrons. The first kappa shape index (κ1) is 13.5. The lowest BCUT2D eigenvalue weighted by molar-refractivity contribution is 0.0702. The Labute approximate surface area is 110 Å². The Morgan fingerprint density at radius 2 is 2.28 bits per heavy atom. The summed E-state index contributed by atoms with van der Waals surface area (Å²) in [6.07, 6.45) is 0.663. The van der Waals surface area contributed by atoms with Crippen molar-refractivity contribution < 1.29 is 18.3 Å². The Kier molecular flexibility index (Phi) is 3.74. The minimum atomic E-state index is -2.87. The maximum Gasteiger partial charge on any atom is 0.345 e. The van der Waals surface area contributed by atoms with Crippen LogP contribution in [-0.2, 0) is 16.4 Å². The molecule has 0 saturated carbocycles. The van der Waals surface area contributed by atoms with Gasteiger partial charge in [-0.2, -0.15) is 0 Å². The van der Waals surface area contributed by atoms with Crippen LogP contribution in [0.3, 0.4) is 0 Å². The molecular weight excluding hydrogens is 274 g/mol. The first-order chi connectivity index (χ1) is 8.37. The first-order valence-corrected chi connectivity index (χ1v) is 8.24. The molecule has 0 radical (unpaired) electrons. The molecule has 1 aliphatic rings. The van der Waals surface area contributed by atoms with Crippen LogP contribution in [0.2, 0.25) is 0 Å². The third-order valence-electron chi connectivity index (χ3n) is 3.11. The van der Waals surface area contributed by atoms with Gasteiger partial charge < -0.3 is 5.11 Å². The summed E-state index contributed by atoms with van der Waals surface area (Å²) in [6, 6.07) is 3.42. The summed E-state index contributed by atoms with van der Waals surface area (Å²) in [5.41, 5.74) is 0. The van der Waals surface area contributed by atoms with Crippen LogP contribution in [0.25, 0.3) is 0 Å². The van der Waals surface area contributed by atoms with Crippen LogP contribution in [0.5, 0.6) is 0 Å². The van der Waals surface area contributed by atoms with E-state index in [-0.39, 0.29) is 17.5 Å². The van der Waals surface area contributed by atoms with E-state index in [1.165, 1.54) is 11.3 Å². The van der Waals surface area contributed by atoms with E-state index < -0.39 is 15.8 Å². The van der Waals surface area contributed by atoms with Crippen molar-refractivity contribution in [3.8, 4) is 0 Å². The lowest BCUT2D eigenvalue weighted by Gasteiger charge is -2.22. The average molecular weight is 289 g/mol. The minimum absolute atomic E-state index is 0.0466. The van der Waals surface area contributed by atoms with Gasteiger partial charge in [-0.05, 0) is 25.6 Å². The van der Waals surface area contributed by atoms with Crippen molar-refractivity contribution >= 4 is 27.1 Å². The molecular formula is C11H15NO4S2. The van der Waals surface area contributed by atoms with E-state index >= 15 is 0 Å². The molecule has 1 aliphatic heterocycles. The molecule has 5 nitrogen and oxygen atoms in total. The Morgan fingerprint density at radius 1 is 1.56 bits per heavy atom. The van der Waals surface area contributed by atoms with Crippen molar-refractivity contribution in [2.45, 2.75) is 19.0 Å². The van der Waals surface area contributed by atoms with E-state index in [0.29, 0.717) is 17.8 Å². The zero-order chi connectivity index (χ0) is 13.3. The third kappa shape index (κ3) is 3.09. The average Bonchev–Trinajstić information content (AvgIpc) is 2.84. The Bertz CT molecular complexity index is 549. The Hall–Kier alpha value is -0.920. The zero-order valence-corrected chi connectivity index (χ0v) is 11.6. The van der Waals surface area contributed by atoms with Gasteiger partial charge in [-0.15, -0.1) is 11.3 Å². The molecule has 1 N–H and O–H groups in total. The minimum Gasteiger partial charge on any atom is -0.477 e.